The third-order valence-corrected chi connectivity index (χ3v) is 4.78. The summed E-state index contributed by atoms with van der Waals surface area (Å²) in [5, 5.41) is 3.81. The maximum Gasteiger partial charge on any atom is 0.0588 e. The van der Waals surface area contributed by atoms with Crippen LogP contribution in [0.1, 0.15) is 49.8 Å². The summed E-state index contributed by atoms with van der Waals surface area (Å²) in [6, 6.07) is 9.52. The molecule has 1 aromatic rings. The lowest BCUT2D eigenvalue weighted by Gasteiger charge is -2.22. The van der Waals surface area contributed by atoms with E-state index >= 15 is 0 Å². The Labute approximate surface area is 116 Å². The topological polar surface area (TPSA) is 21.3 Å². The molecule has 0 amide bonds. The molecule has 0 radical (unpaired) electrons. The minimum Gasteiger partial charge on any atom is -0.378 e. The van der Waals surface area contributed by atoms with E-state index in [1.165, 1.54) is 37.7 Å². The van der Waals surface area contributed by atoms with Gasteiger partial charge in [-0.2, -0.15) is 0 Å². The zero-order valence-corrected chi connectivity index (χ0v) is 11.9. The zero-order chi connectivity index (χ0) is 13.1. The molecule has 1 N–H and O–H groups in total. The summed E-state index contributed by atoms with van der Waals surface area (Å²) in [7, 11) is 0. The average molecular weight is 259 g/mol. The lowest BCUT2D eigenvalue weighted by atomic mass is 9.97. The van der Waals surface area contributed by atoms with Crippen LogP contribution in [-0.4, -0.2) is 19.3 Å². The van der Waals surface area contributed by atoms with Crippen LogP contribution in [0.3, 0.4) is 0 Å². The van der Waals surface area contributed by atoms with Gasteiger partial charge in [0.1, 0.15) is 0 Å². The molecule has 0 saturated carbocycles. The van der Waals surface area contributed by atoms with Crippen molar-refractivity contribution < 1.29 is 4.74 Å². The van der Waals surface area contributed by atoms with E-state index in [1.54, 1.807) is 5.56 Å². The second-order valence-corrected chi connectivity index (χ2v) is 6.03. The van der Waals surface area contributed by atoms with Gasteiger partial charge in [0.2, 0.25) is 0 Å². The van der Waals surface area contributed by atoms with Crippen molar-refractivity contribution in [2.75, 3.05) is 13.2 Å². The fourth-order valence-electron chi connectivity index (χ4n) is 3.47. The molecular formula is C17H25NO. The maximum atomic E-state index is 5.66. The van der Waals surface area contributed by atoms with Gasteiger partial charge in [0, 0.05) is 19.2 Å². The van der Waals surface area contributed by atoms with Crippen LogP contribution >= 0.6 is 0 Å². The lowest BCUT2D eigenvalue weighted by molar-refractivity contribution is 0.105. The summed E-state index contributed by atoms with van der Waals surface area (Å²) in [6.07, 6.45) is 6.83. The molecule has 3 unspecified atom stereocenters. The number of rotatable bonds is 3. The van der Waals surface area contributed by atoms with E-state index in [0.29, 0.717) is 18.1 Å². The van der Waals surface area contributed by atoms with Crippen LogP contribution in [0.25, 0.3) is 0 Å². The molecule has 2 aliphatic rings. The normalized spacial score (nSPS) is 30.9. The predicted molar refractivity (Wildman–Crippen MR) is 78.3 cm³/mol. The van der Waals surface area contributed by atoms with Crippen LogP contribution in [0, 0.1) is 5.92 Å². The summed E-state index contributed by atoms with van der Waals surface area (Å²) in [5.41, 5.74) is 3.08. The monoisotopic (exact) mass is 259 g/mol. The third-order valence-electron chi connectivity index (χ3n) is 4.78. The molecule has 104 valence electrons. The first-order valence-electron chi connectivity index (χ1n) is 7.77. The molecule has 1 aliphatic heterocycles. The fraction of sp³-hybridized carbons (Fsp3) is 0.647. The van der Waals surface area contributed by atoms with Crippen molar-refractivity contribution in [3.63, 3.8) is 0 Å². The standard InChI is InChI=1S/C17H25NO/c1-13-15(10-11-19-13)12-18-17-9-5-3-7-14-6-2-4-8-16(14)17/h2,4,6,8,13,15,17-18H,3,5,7,9-12H2,1H3. The van der Waals surface area contributed by atoms with Gasteiger partial charge < -0.3 is 10.1 Å². The number of aryl methyl sites for hydroxylation is 1. The van der Waals surface area contributed by atoms with Gasteiger partial charge in [0.05, 0.1) is 6.10 Å². The Balaban J connectivity index is 1.67. The van der Waals surface area contributed by atoms with Gasteiger partial charge in [0.15, 0.2) is 0 Å². The van der Waals surface area contributed by atoms with Crippen molar-refractivity contribution in [3.8, 4) is 0 Å². The predicted octanol–water partition coefficient (Wildman–Crippen LogP) is 3.47. The minimum absolute atomic E-state index is 0.425. The van der Waals surface area contributed by atoms with E-state index in [0.717, 1.165) is 13.2 Å². The molecule has 1 fully saturated rings. The summed E-state index contributed by atoms with van der Waals surface area (Å²) >= 11 is 0. The number of benzene rings is 1. The lowest BCUT2D eigenvalue weighted by Crippen LogP contribution is -2.30. The van der Waals surface area contributed by atoms with E-state index in [-0.39, 0.29) is 0 Å². The van der Waals surface area contributed by atoms with E-state index in [1.807, 2.05) is 0 Å². The SMILES string of the molecule is CC1OCCC1CNC1CCCCc2ccccc21. The van der Waals surface area contributed by atoms with Gasteiger partial charge in [-0.15, -0.1) is 0 Å². The van der Waals surface area contributed by atoms with E-state index in [9.17, 15) is 0 Å². The van der Waals surface area contributed by atoms with E-state index < -0.39 is 0 Å². The molecule has 0 spiro atoms. The van der Waals surface area contributed by atoms with E-state index in [2.05, 4.69) is 36.5 Å². The molecule has 1 saturated heterocycles. The number of ether oxygens (including phenoxy) is 1. The largest absolute Gasteiger partial charge is 0.378 e. The summed E-state index contributed by atoms with van der Waals surface area (Å²) in [4.78, 5) is 0. The Kier molecular flexibility index (Phi) is 4.19. The van der Waals surface area contributed by atoms with Gasteiger partial charge in [-0.3, -0.25) is 0 Å². The highest BCUT2D eigenvalue weighted by atomic mass is 16.5. The van der Waals surface area contributed by atoms with Crippen LogP contribution < -0.4 is 5.32 Å². The Morgan fingerprint density at radius 1 is 1.21 bits per heavy atom. The Morgan fingerprint density at radius 3 is 2.95 bits per heavy atom. The van der Waals surface area contributed by atoms with E-state index in [4.69, 9.17) is 4.74 Å². The molecule has 1 aliphatic carbocycles. The molecule has 2 heteroatoms. The molecule has 1 aromatic carbocycles. The van der Waals surface area contributed by atoms with Gasteiger partial charge >= 0.3 is 0 Å². The van der Waals surface area contributed by atoms with Crippen LogP contribution in [-0.2, 0) is 11.2 Å². The first-order valence-corrected chi connectivity index (χ1v) is 7.77. The number of fused-ring (bicyclic) bond motifs is 1. The fourth-order valence-corrected chi connectivity index (χ4v) is 3.47. The van der Waals surface area contributed by atoms with Gasteiger partial charge in [-0.1, -0.05) is 30.7 Å². The zero-order valence-electron chi connectivity index (χ0n) is 11.9. The summed E-state index contributed by atoms with van der Waals surface area (Å²) in [5.74, 6) is 0.690. The number of hydrogen-bond acceptors (Lipinski definition) is 2. The molecule has 3 atom stereocenters. The smallest absolute Gasteiger partial charge is 0.0588 e. The molecule has 1 heterocycles. The highest BCUT2D eigenvalue weighted by Gasteiger charge is 2.25. The Hall–Kier alpha value is -0.860. The second-order valence-electron chi connectivity index (χ2n) is 6.03. The van der Waals surface area contributed by atoms with Gasteiger partial charge in [-0.25, -0.2) is 0 Å². The van der Waals surface area contributed by atoms with Crippen LogP contribution in [0.4, 0.5) is 0 Å². The van der Waals surface area contributed by atoms with Crippen molar-refractivity contribution in [1.29, 1.82) is 0 Å². The first kappa shape index (κ1) is 13.1. The second kappa shape index (κ2) is 6.06. The summed E-state index contributed by atoms with van der Waals surface area (Å²) in [6.45, 7) is 4.25. The first-order chi connectivity index (χ1) is 9.34. The molecule has 0 aromatic heterocycles. The van der Waals surface area contributed by atoms with Gasteiger partial charge in [-0.05, 0) is 49.7 Å². The summed E-state index contributed by atoms with van der Waals surface area (Å²) < 4.78 is 5.66. The van der Waals surface area contributed by atoms with Crippen molar-refractivity contribution >= 4 is 0 Å². The van der Waals surface area contributed by atoms with Crippen LogP contribution in [0.15, 0.2) is 24.3 Å². The maximum absolute atomic E-state index is 5.66. The van der Waals surface area contributed by atoms with Gasteiger partial charge in [0.25, 0.3) is 0 Å². The van der Waals surface area contributed by atoms with Crippen molar-refractivity contribution in [1.82, 2.24) is 5.32 Å². The Morgan fingerprint density at radius 2 is 2.11 bits per heavy atom. The quantitative estimate of drug-likeness (QED) is 0.839. The van der Waals surface area contributed by atoms with Crippen molar-refractivity contribution in [2.45, 2.75) is 51.2 Å². The highest BCUT2D eigenvalue weighted by molar-refractivity contribution is 5.31. The molecular weight excluding hydrogens is 234 g/mol. The Bertz CT molecular complexity index is 417. The third kappa shape index (κ3) is 3.01. The van der Waals surface area contributed by atoms with Crippen molar-refractivity contribution in [2.24, 2.45) is 5.92 Å². The highest BCUT2D eigenvalue weighted by Crippen LogP contribution is 2.29. The minimum atomic E-state index is 0.425. The molecule has 0 bridgehead atoms. The average Bonchev–Trinajstić information content (AvgIpc) is 2.73. The molecule has 3 rings (SSSR count). The molecule has 2 nitrogen and oxygen atoms in total. The number of hydrogen-bond donors (Lipinski definition) is 1. The molecule has 19 heavy (non-hydrogen) atoms. The van der Waals surface area contributed by atoms with Crippen molar-refractivity contribution in [3.05, 3.63) is 35.4 Å². The van der Waals surface area contributed by atoms with Crippen LogP contribution in [0.5, 0.6) is 0 Å². The number of nitrogens with one attached hydrogen (secondary N) is 1. The van der Waals surface area contributed by atoms with Crippen LogP contribution in [0.2, 0.25) is 0 Å².